The zero-order chi connectivity index (χ0) is 18.9. The molecule has 1 fully saturated rings. The lowest BCUT2D eigenvalue weighted by molar-refractivity contribution is -0.149. The fraction of sp³-hybridized carbons (Fsp3) is 0.353. The number of aromatic nitrogens is 1. The molecule has 1 aromatic heterocycles. The van der Waals surface area contributed by atoms with Gasteiger partial charge in [0.15, 0.2) is 11.7 Å². The number of amides is 1. The number of benzene rings is 1. The van der Waals surface area contributed by atoms with Gasteiger partial charge < -0.3 is 4.74 Å². The zero-order valence-corrected chi connectivity index (χ0v) is 14.5. The summed E-state index contributed by atoms with van der Waals surface area (Å²) in [6, 6.07) is 5.19. The number of carbonyl (C=O) groups is 2. The SMILES string of the molecule is Cc1csc(NC(=O)COC(=O)[C@@H]2C[C@@H]2c2ccccc2C(F)(F)F)n1. The van der Waals surface area contributed by atoms with E-state index in [1.165, 1.54) is 29.5 Å². The maximum absolute atomic E-state index is 13.1. The predicted molar refractivity (Wildman–Crippen MR) is 88.7 cm³/mol. The van der Waals surface area contributed by atoms with Gasteiger partial charge in [-0.15, -0.1) is 11.3 Å². The first-order chi connectivity index (χ1) is 12.3. The van der Waals surface area contributed by atoms with Crippen LogP contribution in [0.25, 0.3) is 0 Å². The van der Waals surface area contributed by atoms with E-state index in [9.17, 15) is 22.8 Å². The summed E-state index contributed by atoms with van der Waals surface area (Å²) < 4.78 is 44.1. The molecular weight excluding hydrogens is 369 g/mol. The molecule has 138 valence electrons. The minimum Gasteiger partial charge on any atom is -0.455 e. The van der Waals surface area contributed by atoms with E-state index in [1.807, 2.05) is 0 Å². The first kappa shape index (κ1) is 18.4. The van der Waals surface area contributed by atoms with Crippen LogP contribution in [0.1, 0.15) is 29.2 Å². The molecule has 26 heavy (non-hydrogen) atoms. The number of carbonyl (C=O) groups excluding carboxylic acids is 2. The summed E-state index contributed by atoms with van der Waals surface area (Å²) in [5, 5.41) is 4.65. The molecule has 1 heterocycles. The van der Waals surface area contributed by atoms with Crippen molar-refractivity contribution in [3.8, 4) is 0 Å². The Hall–Kier alpha value is -2.42. The van der Waals surface area contributed by atoms with Gasteiger partial charge in [-0.25, -0.2) is 4.98 Å². The molecule has 0 bridgehead atoms. The highest BCUT2D eigenvalue weighted by atomic mass is 32.1. The summed E-state index contributed by atoms with van der Waals surface area (Å²) in [6.45, 7) is 1.28. The summed E-state index contributed by atoms with van der Waals surface area (Å²) in [6.07, 6.45) is -4.20. The van der Waals surface area contributed by atoms with Gasteiger partial charge in [0.2, 0.25) is 0 Å². The predicted octanol–water partition coefficient (Wildman–Crippen LogP) is 3.76. The van der Waals surface area contributed by atoms with Crippen LogP contribution in [-0.4, -0.2) is 23.5 Å². The third kappa shape index (κ3) is 4.21. The first-order valence-corrected chi connectivity index (χ1v) is 8.68. The van der Waals surface area contributed by atoms with Crippen molar-refractivity contribution in [3.63, 3.8) is 0 Å². The molecule has 5 nitrogen and oxygen atoms in total. The molecule has 2 aromatic rings. The van der Waals surface area contributed by atoms with Gasteiger partial charge in [0, 0.05) is 5.38 Å². The van der Waals surface area contributed by atoms with E-state index >= 15 is 0 Å². The van der Waals surface area contributed by atoms with Crippen LogP contribution in [0.15, 0.2) is 29.6 Å². The zero-order valence-electron chi connectivity index (χ0n) is 13.7. The molecule has 1 saturated carbocycles. The number of hydrogen-bond acceptors (Lipinski definition) is 5. The van der Waals surface area contributed by atoms with E-state index in [-0.39, 0.29) is 12.0 Å². The quantitative estimate of drug-likeness (QED) is 0.797. The van der Waals surface area contributed by atoms with E-state index in [2.05, 4.69) is 10.3 Å². The number of hydrogen-bond donors (Lipinski definition) is 1. The van der Waals surface area contributed by atoms with Crippen molar-refractivity contribution in [1.29, 1.82) is 0 Å². The molecule has 0 spiro atoms. The van der Waals surface area contributed by atoms with Gasteiger partial charge in [-0.05, 0) is 30.9 Å². The standard InChI is InChI=1S/C17H15F3N2O3S/c1-9-8-26-16(21-9)22-14(23)7-25-15(24)12-6-11(12)10-4-2-3-5-13(10)17(18,19)20/h2-5,8,11-12H,6-7H2,1H3,(H,21,22,23)/t11-,12-/m1/s1. The molecular formula is C17H15F3N2O3S. The van der Waals surface area contributed by atoms with Crippen molar-refractivity contribution in [2.75, 3.05) is 11.9 Å². The van der Waals surface area contributed by atoms with Gasteiger partial charge in [0.25, 0.3) is 5.91 Å². The Morgan fingerprint density at radius 2 is 2.08 bits per heavy atom. The van der Waals surface area contributed by atoms with E-state index in [0.29, 0.717) is 5.13 Å². The van der Waals surface area contributed by atoms with Gasteiger partial charge in [0.1, 0.15) is 0 Å². The van der Waals surface area contributed by atoms with Crippen LogP contribution < -0.4 is 5.32 Å². The van der Waals surface area contributed by atoms with Crippen molar-refractivity contribution >= 4 is 28.3 Å². The van der Waals surface area contributed by atoms with Crippen LogP contribution in [-0.2, 0) is 20.5 Å². The summed E-state index contributed by atoms with van der Waals surface area (Å²) in [4.78, 5) is 27.8. The second-order valence-electron chi connectivity index (χ2n) is 5.98. The van der Waals surface area contributed by atoms with Gasteiger partial charge in [0.05, 0.1) is 17.2 Å². The average molecular weight is 384 g/mol. The number of esters is 1. The van der Waals surface area contributed by atoms with E-state index in [0.717, 1.165) is 11.8 Å². The molecule has 1 amide bonds. The fourth-order valence-corrected chi connectivity index (χ4v) is 3.39. The number of nitrogens with zero attached hydrogens (tertiary/aromatic N) is 1. The number of thiazole rings is 1. The molecule has 0 unspecified atom stereocenters. The number of alkyl halides is 3. The summed E-state index contributed by atoms with van der Waals surface area (Å²) in [5.74, 6) is -2.41. The van der Waals surface area contributed by atoms with Crippen LogP contribution in [0.2, 0.25) is 0 Å². The molecule has 1 aliphatic rings. The third-order valence-electron chi connectivity index (χ3n) is 3.97. The second-order valence-corrected chi connectivity index (χ2v) is 6.84. The van der Waals surface area contributed by atoms with Crippen LogP contribution in [0.3, 0.4) is 0 Å². The molecule has 1 aromatic carbocycles. The average Bonchev–Trinajstić information content (AvgIpc) is 3.28. The number of rotatable bonds is 5. The Balaban J connectivity index is 1.54. The monoisotopic (exact) mass is 384 g/mol. The Morgan fingerprint density at radius 1 is 1.35 bits per heavy atom. The third-order valence-corrected chi connectivity index (χ3v) is 4.85. The van der Waals surface area contributed by atoms with E-state index < -0.39 is 42.1 Å². The highest BCUT2D eigenvalue weighted by Gasteiger charge is 2.48. The van der Waals surface area contributed by atoms with Crippen LogP contribution in [0.5, 0.6) is 0 Å². The molecule has 2 atom stereocenters. The van der Waals surface area contributed by atoms with Crippen molar-refractivity contribution in [2.45, 2.75) is 25.4 Å². The minimum absolute atomic E-state index is 0.0877. The van der Waals surface area contributed by atoms with Crippen LogP contribution >= 0.6 is 11.3 Å². The molecule has 9 heteroatoms. The largest absolute Gasteiger partial charge is 0.455 e. The van der Waals surface area contributed by atoms with Gasteiger partial charge in [-0.1, -0.05) is 18.2 Å². The second kappa shape index (κ2) is 7.06. The molecule has 1 aliphatic carbocycles. The first-order valence-electron chi connectivity index (χ1n) is 7.80. The van der Waals surface area contributed by atoms with Gasteiger partial charge in [-0.3, -0.25) is 14.9 Å². The van der Waals surface area contributed by atoms with Crippen molar-refractivity contribution in [3.05, 3.63) is 46.5 Å². The maximum Gasteiger partial charge on any atom is 0.416 e. The Kier molecular flexibility index (Phi) is 4.99. The van der Waals surface area contributed by atoms with Crippen LogP contribution in [0, 0.1) is 12.8 Å². The lowest BCUT2D eigenvalue weighted by Gasteiger charge is -2.12. The number of anilines is 1. The maximum atomic E-state index is 13.1. The van der Waals surface area contributed by atoms with Crippen molar-refractivity contribution in [1.82, 2.24) is 4.98 Å². The van der Waals surface area contributed by atoms with E-state index in [1.54, 1.807) is 12.3 Å². The number of nitrogens with one attached hydrogen (secondary N) is 1. The van der Waals surface area contributed by atoms with Crippen molar-refractivity contribution < 1.29 is 27.5 Å². The number of aryl methyl sites for hydroxylation is 1. The molecule has 0 aliphatic heterocycles. The van der Waals surface area contributed by atoms with Gasteiger partial charge in [-0.2, -0.15) is 13.2 Å². The smallest absolute Gasteiger partial charge is 0.416 e. The topological polar surface area (TPSA) is 68.3 Å². The highest BCUT2D eigenvalue weighted by molar-refractivity contribution is 7.13. The fourth-order valence-electron chi connectivity index (χ4n) is 2.69. The molecule has 3 rings (SSSR count). The number of ether oxygens (including phenoxy) is 1. The minimum atomic E-state index is -4.47. The van der Waals surface area contributed by atoms with Crippen LogP contribution in [0.4, 0.5) is 18.3 Å². The Labute approximate surface area is 151 Å². The highest BCUT2D eigenvalue weighted by Crippen LogP contribution is 2.51. The van der Waals surface area contributed by atoms with E-state index in [4.69, 9.17) is 4.74 Å². The molecule has 0 radical (unpaired) electrons. The number of halogens is 3. The van der Waals surface area contributed by atoms with Crippen molar-refractivity contribution in [2.24, 2.45) is 5.92 Å². The summed E-state index contributed by atoms with van der Waals surface area (Å²) in [5.41, 5.74) is 0.105. The molecule has 1 N–H and O–H groups in total. The molecule has 0 saturated heterocycles. The normalized spacial score (nSPS) is 19.1. The lowest BCUT2D eigenvalue weighted by Crippen LogP contribution is -2.21. The lowest BCUT2D eigenvalue weighted by atomic mass is 10.0. The Morgan fingerprint density at radius 3 is 2.73 bits per heavy atom. The Bertz CT molecular complexity index is 835. The van der Waals surface area contributed by atoms with Gasteiger partial charge >= 0.3 is 12.1 Å². The summed E-state index contributed by atoms with van der Waals surface area (Å²) in [7, 11) is 0. The summed E-state index contributed by atoms with van der Waals surface area (Å²) >= 11 is 1.24.